The normalized spacial score (nSPS) is 26.4. The molecule has 2 unspecified atom stereocenters. The van der Waals surface area contributed by atoms with Crippen molar-refractivity contribution in [2.45, 2.75) is 63.8 Å². The third kappa shape index (κ3) is 7.16. The van der Waals surface area contributed by atoms with E-state index in [2.05, 4.69) is 10.2 Å². The molecule has 0 aromatic heterocycles. The molecule has 6 heteroatoms. The number of hydrogen-bond donors (Lipinski definition) is 2. The molecule has 23 heavy (non-hydrogen) atoms. The number of amides is 1. The molecule has 1 saturated carbocycles. The van der Waals surface area contributed by atoms with Crippen LogP contribution < -0.4 is 11.1 Å². The Kier molecular flexibility index (Phi) is 12.3. The number of hydrogen-bond acceptors (Lipinski definition) is 3. The van der Waals surface area contributed by atoms with Crippen molar-refractivity contribution < 1.29 is 4.79 Å². The van der Waals surface area contributed by atoms with Gasteiger partial charge in [0.15, 0.2) is 0 Å². The fraction of sp³-hybridized carbons (Fsp3) is 0.941. The summed E-state index contributed by atoms with van der Waals surface area (Å²) in [6.07, 6.45) is 10.5. The van der Waals surface area contributed by atoms with Crippen LogP contribution in [0.15, 0.2) is 0 Å². The third-order valence-corrected chi connectivity index (χ3v) is 5.37. The quantitative estimate of drug-likeness (QED) is 0.802. The topological polar surface area (TPSA) is 58.4 Å². The van der Waals surface area contributed by atoms with Gasteiger partial charge in [-0.25, -0.2) is 0 Å². The second kappa shape index (κ2) is 12.3. The fourth-order valence-electron chi connectivity index (χ4n) is 3.84. The second-order valence-corrected chi connectivity index (χ2v) is 6.92. The van der Waals surface area contributed by atoms with Crippen LogP contribution in [0.4, 0.5) is 0 Å². The largest absolute Gasteiger partial charge is 0.342 e. The lowest BCUT2D eigenvalue weighted by Crippen LogP contribution is -2.47. The van der Waals surface area contributed by atoms with E-state index in [1.165, 1.54) is 32.1 Å². The Balaban J connectivity index is 0.00000242. The molecule has 0 aromatic rings. The van der Waals surface area contributed by atoms with E-state index in [0.29, 0.717) is 5.91 Å². The van der Waals surface area contributed by atoms with Gasteiger partial charge >= 0.3 is 0 Å². The highest BCUT2D eigenvalue weighted by atomic mass is 35.5. The van der Waals surface area contributed by atoms with E-state index in [9.17, 15) is 4.79 Å². The number of carbonyl (C=O) groups excluding carboxylic acids is 1. The summed E-state index contributed by atoms with van der Waals surface area (Å²) in [6, 6.07) is 0.0832. The molecule has 0 aromatic carbocycles. The van der Waals surface area contributed by atoms with Gasteiger partial charge < -0.3 is 16.0 Å². The van der Waals surface area contributed by atoms with Crippen molar-refractivity contribution in [3.63, 3.8) is 0 Å². The predicted molar refractivity (Wildman–Crippen MR) is 102 cm³/mol. The smallest absolute Gasteiger partial charge is 0.227 e. The molecule has 1 aliphatic heterocycles. The second-order valence-electron chi connectivity index (χ2n) is 6.92. The average Bonchev–Trinajstić information content (AvgIpc) is 2.49. The Morgan fingerprint density at radius 3 is 2.26 bits per heavy atom. The zero-order valence-corrected chi connectivity index (χ0v) is 16.1. The van der Waals surface area contributed by atoms with Crippen LogP contribution in [0.25, 0.3) is 0 Å². The fourth-order valence-corrected chi connectivity index (χ4v) is 3.84. The van der Waals surface area contributed by atoms with E-state index in [0.717, 1.165) is 51.2 Å². The van der Waals surface area contributed by atoms with Gasteiger partial charge in [0.05, 0.1) is 5.92 Å². The van der Waals surface area contributed by atoms with Gasteiger partial charge in [-0.2, -0.15) is 0 Å². The minimum Gasteiger partial charge on any atom is -0.342 e. The van der Waals surface area contributed by atoms with E-state index in [1.54, 1.807) is 0 Å². The molecular weight excluding hydrogens is 333 g/mol. The maximum absolute atomic E-state index is 12.8. The highest BCUT2D eigenvalue weighted by Crippen LogP contribution is 2.26. The molecule has 2 atom stereocenters. The number of nitrogens with zero attached hydrogens (tertiary/aromatic N) is 1. The molecule has 0 bridgehead atoms. The number of halogens is 2. The molecule has 0 spiro atoms. The first kappa shape index (κ1) is 23.0. The van der Waals surface area contributed by atoms with E-state index in [1.807, 2.05) is 7.05 Å². The van der Waals surface area contributed by atoms with Gasteiger partial charge in [0.25, 0.3) is 0 Å². The van der Waals surface area contributed by atoms with Crippen LogP contribution in [0, 0.1) is 11.8 Å². The van der Waals surface area contributed by atoms with E-state index in [4.69, 9.17) is 5.73 Å². The number of likely N-dealkylation sites (tertiary alicyclic amines) is 1. The molecule has 1 heterocycles. The molecule has 2 rings (SSSR count). The lowest BCUT2D eigenvalue weighted by molar-refractivity contribution is -0.138. The van der Waals surface area contributed by atoms with Crippen LogP contribution in [0.5, 0.6) is 0 Å². The van der Waals surface area contributed by atoms with Gasteiger partial charge in [-0.15, -0.1) is 24.8 Å². The molecule has 1 saturated heterocycles. The van der Waals surface area contributed by atoms with Gasteiger partial charge in [0, 0.05) is 19.1 Å². The summed E-state index contributed by atoms with van der Waals surface area (Å²) in [4.78, 5) is 14.9. The summed E-state index contributed by atoms with van der Waals surface area (Å²) in [7, 11) is 2.01. The standard InChI is InChI=1S/C17H33N3O.2ClH/c1-19-11-8-14-9-12-20(13-10-14)17(21)15-6-4-2-3-5-7-16(15)18;;/h14-16,19H,2-13,18H2,1H3;2*1H. The van der Waals surface area contributed by atoms with Gasteiger partial charge in [-0.05, 0) is 51.6 Å². The number of nitrogens with two attached hydrogens (primary N) is 1. The lowest BCUT2D eigenvalue weighted by atomic mass is 9.85. The summed E-state index contributed by atoms with van der Waals surface area (Å²) in [5.41, 5.74) is 6.29. The lowest BCUT2D eigenvalue weighted by Gasteiger charge is -2.36. The molecule has 1 aliphatic carbocycles. The molecule has 4 nitrogen and oxygen atoms in total. The van der Waals surface area contributed by atoms with Crippen molar-refractivity contribution >= 4 is 30.7 Å². The summed E-state index contributed by atoms with van der Waals surface area (Å²) in [6.45, 7) is 2.97. The number of carbonyl (C=O) groups is 1. The molecule has 0 radical (unpaired) electrons. The third-order valence-electron chi connectivity index (χ3n) is 5.37. The van der Waals surface area contributed by atoms with Gasteiger partial charge in [-0.1, -0.05) is 25.7 Å². The van der Waals surface area contributed by atoms with Crippen molar-refractivity contribution in [2.75, 3.05) is 26.7 Å². The number of rotatable bonds is 4. The van der Waals surface area contributed by atoms with Gasteiger partial charge in [0.2, 0.25) is 5.91 Å². The number of nitrogens with one attached hydrogen (secondary N) is 1. The monoisotopic (exact) mass is 367 g/mol. The summed E-state index contributed by atoms with van der Waals surface area (Å²) >= 11 is 0. The van der Waals surface area contributed by atoms with Crippen molar-refractivity contribution in [1.29, 1.82) is 0 Å². The molecule has 2 fully saturated rings. The van der Waals surface area contributed by atoms with Crippen molar-refractivity contribution in [1.82, 2.24) is 10.2 Å². The molecule has 138 valence electrons. The Labute approximate surface area is 154 Å². The SMILES string of the molecule is CNCCC1CCN(C(=O)C2CCCCCCC2N)CC1.Cl.Cl. The molecule has 2 aliphatic rings. The van der Waals surface area contributed by atoms with E-state index >= 15 is 0 Å². The average molecular weight is 368 g/mol. The maximum atomic E-state index is 12.8. The van der Waals surface area contributed by atoms with Crippen LogP contribution >= 0.6 is 24.8 Å². The molecule has 3 N–H and O–H groups in total. The van der Waals surface area contributed by atoms with Crippen LogP contribution in [-0.2, 0) is 4.79 Å². The zero-order chi connectivity index (χ0) is 15.1. The molecular formula is C17H35Cl2N3O. The van der Waals surface area contributed by atoms with E-state index in [-0.39, 0.29) is 36.8 Å². The van der Waals surface area contributed by atoms with Crippen LogP contribution in [0.2, 0.25) is 0 Å². The minimum absolute atomic E-state index is 0. The van der Waals surface area contributed by atoms with Crippen molar-refractivity contribution in [3.8, 4) is 0 Å². The van der Waals surface area contributed by atoms with Crippen molar-refractivity contribution in [3.05, 3.63) is 0 Å². The van der Waals surface area contributed by atoms with Gasteiger partial charge in [0.1, 0.15) is 0 Å². The highest BCUT2D eigenvalue weighted by molar-refractivity contribution is 5.85. The minimum atomic E-state index is 0. The van der Waals surface area contributed by atoms with E-state index < -0.39 is 0 Å². The molecule has 1 amide bonds. The van der Waals surface area contributed by atoms with Gasteiger partial charge in [-0.3, -0.25) is 4.79 Å². The Hall–Kier alpha value is -0.0300. The number of piperidine rings is 1. The first-order valence-electron chi connectivity index (χ1n) is 8.91. The Morgan fingerprint density at radius 1 is 1.04 bits per heavy atom. The Morgan fingerprint density at radius 2 is 1.65 bits per heavy atom. The summed E-state index contributed by atoms with van der Waals surface area (Å²) in [5, 5.41) is 3.22. The van der Waals surface area contributed by atoms with Crippen molar-refractivity contribution in [2.24, 2.45) is 17.6 Å². The first-order valence-corrected chi connectivity index (χ1v) is 8.91. The highest BCUT2D eigenvalue weighted by Gasteiger charge is 2.31. The predicted octanol–water partition coefficient (Wildman–Crippen LogP) is 2.98. The Bertz CT molecular complexity index is 323. The first-order chi connectivity index (χ1) is 10.2. The van der Waals surface area contributed by atoms with Crippen LogP contribution in [0.1, 0.15) is 57.8 Å². The van der Waals surface area contributed by atoms with Crippen LogP contribution in [0.3, 0.4) is 0 Å². The maximum Gasteiger partial charge on any atom is 0.227 e. The summed E-state index contributed by atoms with van der Waals surface area (Å²) < 4.78 is 0. The zero-order valence-electron chi connectivity index (χ0n) is 14.5. The summed E-state index contributed by atoms with van der Waals surface area (Å²) in [5.74, 6) is 1.21. The van der Waals surface area contributed by atoms with Crippen LogP contribution in [-0.4, -0.2) is 43.5 Å².